The SMILES string of the molecule is CN(C)C1CN(c2ncccc2C=O)C1. The fraction of sp³-hybridized carbons (Fsp3) is 0.455. The number of carbonyl (C=O) groups excluding carboxylic acids is 1. The third kappa shape index (κ3) is 1.85. The lowest BCUT2D eigenvalue weighted by Crippen LogP contribution is -2.58. The minimum Gasteiger partial charge on any atom is -0.353 e. The molecule has 0 aliphatic carbocycles. The molecule has 1 aliphatic heterocycles. The minimum absolute atomic E-state index is 0.575. The molecule has 1 aliphatic rings. The average Bonchev–Trinajstić information content (AvgIpc) is 2.15. The van der Waals surface area contributed by atoms with Gasteiger partial charge in [-0.25, -0.2) is 4.98 Å². The summed E-state index contributed by atoms with van der Waals surface area (Å²) in [6, 6.07) is 4.17. The summed E-state index contributed by atoms with van der Waals surface area (Å²) in [5, 5.41) is 0. The lowest BCUT2D eigenvalue weighted by atomic mass is 10.1. The number of aldehydes is 1. The van der Waals surface area contributed by atoms with E-state index in [0.717, 1.165) is 25.2 Å². The third-order valence-electron chi connectivity index (χ3n) is 2.84. The number of pyridine rings is 1. The molecule has 2 rings (SSSR count). The largest absolute Gasteiger partial charge is 0.353 e. The van der Waals surface area contributed by atoms with Crippen molar-refractivity contribution >= 4 is 12.1 Å². The Morgan fingerprint density at radius 1 is 1.53 bits per heavy atom. The Morgan fingerprint density at radius 2 is 2.27 bits per heavy atom. The number of likely N-dealkylation sites (N-methyl/N-ethyl adjacent to an activating group) is 1. The smallest absolute Gasteiger partial charge is 0.153 e. The van der Waals surface area contributed by atoms with E-state index in [0.29, 0.717) is 11.6 Å². The second-order valence-corrected chi connectivity index (χ2v) is 4.06. The number of anilines is 1. The van der Waals surface area contributed by atoms with Gasteiger partial charge in [0.15, 0.2) is 6.29 Å². The number of carbonyl (C=O) groups is 1. The summed E-state index contributed by atoms with van der Waals surface area (Å²) in [6.45, 7) is 1.90. The van der Waals surface area contributed by atoms with Crippen molar-refractivity contribution in [2.24, 2.45) is 0 Å². The van der Waals surface area contributed by atoms with Crippen LogP contribution in [0.2, 0.25) is 0 Å². The molecule has 1 aromatic heterocycles. The molecule has 1 saturated heterocycles. The molecular weight excluding hydrogens is 190 g/mol. The first-order chi connectivity index (χ1) is 7.22. The summed E-state index contributed by atoms with van der Waals surface area (Å²) >= 11 is 0. The van der Waals surface area contributed by atoms with E-state index in [1.807, 2.05) is 0 Å². The van der Waals surface area contributed by atoms with Gasteiger partial charge in [0.05, 0.1) is 5.56 Å². The Balaban J connectivity index is 2.09. The van der Waals surface area contributed by atoms with Gasteiger partial charge >= 0.3 is 0 Å². The van der Waals surface area contributed by atoms with Crippen molar-refractivity contribution in [3.8, 4) is 0 Å². The number of rotatable bonds is 3. The first kappa shape index (κ1) is 10.1. The topological polar surface area (TPSA) is 36.4 Å². The fourth-order valence-corrected chi connectivity index (χ4v) is 1.72. The first-order valence-electron chi connectivity index (χ1n) is 5.04. The van der Waals surface area contributed by atoms with Crippen LogP contribution in [0, 0.1) is 0 Å². The van der Waals surface area contributed by atoms with Gasteiger partial charge in [0, 0.05) is 25.3 Å². The first-order valence-corrected chi connectivity index (χ1v) is 5.04. The highest BCUT2D eigenvalue weighted by Gasteiger charge is 2.30. The maximum Gasteiger partial charge on any atom is 0.153 e. The quantitative estimate of drug-likeness (QED) is 0.679. The minimum atomic E-state index is 0.575. The molecule has 4 heteroatoms. The predicted molar refractivity (Wildman–Crippen MR) is 59.3 cm³/mol. The van der Waals surface area contributed by atoms with E-state index in [9.17, 15) is 4.79 Å². The van der Waals surface area contributed by atoms with Gasteiger partial charge in [-0.15, -0.1) is 0 Å². The van der Waals surface area contributed by atoms with Crippen LogP contribution in [0.3, 0.4) is 0 Å². The van der Waals surface area contributed by atoms with Gasteiger partial charge in [0.25, 0.3) is 0 Å². The summed E-state index contributed by atoms with van der Waals surface area (Å²) in [7, 11) is 4.14. The van der Waals surface area contributed by atoms with Crippen LogP contribution in [0.5, 0.6) is 0 Å². The van der Waals surface area contributed by atoms with Gasteiger partial charge in [0.2, 0.25) is 0 Å². The highest BCUT2D eigenvalue weighted by atomic mass is 16.1. The van der Waals surface area contributed by atoms with E-state index in [4.69, 9.17) is 0 Å². The van der Waals surface area contributed by atoms with Crippen molar-refractivity contribution in [3.63, 3.8) is 0 Å². The molecule has 0 atom stereocenters. The van der Waals surface area contributed by atoms with Crippen LogP contribution in [0.1, 0.15) is 10.4 Å². The molecule has 0 N–H and O–H groups in total. The molecule has 1 fully saturated rings. The molecule has 15 heavy (non-hydrogen) atoms. The second kappa shape index (κ2) is 3.98. The Hall–Kier alpha value is -1.42. The Bertz CT molecular complexity index is 359. The summed E-state index contributed by atoms with van der Waals surface area (Å²) in [5.41, 5.74) is 0.676. The maximum absolute atomic E-state index is 10.8. The molecule has 0 radical (unpaired) electrons. The number of aromatic nitrogens is 1. The standard InChI is InChI=1S/C11H15N3O/c1-13(2)10-6-14(7-10)11-9(8-15)4-3-5-12-11/h3-5,8,10H,6-7H2,1-2H3. The molecule has 0 saturated carbocycles. The number of nitrogens with zero attached hydrogens (tertiary/aromatic N) is 3. The van der Waals surface area contributed by atoms with E-state index in [1.165, 1.54) is 0 Å². The Morgan fingerprint density at radius 3 is 2.87 bits per heavy atom. The van der Waals surface area contributed by atoms with E-state index < -0.39 is 0 Å². The van der Waals surface area contributed by atoms with Gasteiger partial charge in [-0.1, -0.05) is 0 Å². The van der Waals surface area contributed by atoms with E-state index in [1.54, 1.807) is 18.3 Å². The molecule has 0 aromatic carbocycles. The Labute approximate surface area is 89.5 Å². The number of hydrogen-bond acceptors (Lipinski definition) is 4. The van der Waals surface area contributed by atoms with Gasteiger partial charge in [-0.05, 0) is 26.2 Å². The zero-order chi connectivity index (χ0) is 10.8. The lowest BCUT2D eigenvalue weighted by Gasteiger charge is -2.43. The maximum atomic E-state index is 10.8. The third-order valence-corrected chi connectivity index (χ3v) is 2.84. The van der Waals surface area contributed by atoms with Crippen molar-refractivity contribution < 1.29 is 4.79 Å². The van der Waals surface area contributed by atoms with Crippen LogP contribution in [0.15, 0.2) is 18.3 Å². The fourth-order valence-electron chi connectivity index (χ4n) is 1.72. The second-order valence-electron chi connectivity index (χ2n) is 4.06. The van der Waals surface area contributed by atoms with Gasteiger partial charge < -0.3 is 9.80 Å². The molecule has 0 spiro atoms. The van der Waals surface area contributed by atoms with Crippen LogP contribution >= 0.6 is 0 Å². The van der Waals surface area contributed by atoms with Crippen LogP contribution in [0.25, 0.3) is 0 Å². The summed E-state index contributed by atoms with van der Waals surface area (Å²) in [4.78, 5) is 19.4. The van der Waals surface area contributed by atoms with Crippen LogP contribution in [-0.2, 0) is 0 Å². The van der Waals surface area contributed by atoms with E-state index >= 15 is 0 Å². The monoisotopic (exact) mass is 205 g/mol. The van der Waals surface area contributed by atoms with Crippen LogP contribution in [-0.4, -0.2) is 49.4 Å². The van der Waals surface area contributed by atoms with E-state index in [-0.39, 0.29) is 0 Å². The molecule has 0 amide bonds. The normalized spacial score (nSPS) is 16.6. The molecule has 0 unspecified atom stereocenters. The molecule has 2 heterocycles. The average molecular weight is 205 g/mol. The van der Waals surface area contributed by atoms with Crippen molar-refractivity contribution in [2.45, 2.75) is 6.04 Å². The molecule has 0 bridgehead atoms. The number of hydrogen-bond donors (Lipinski definition) is 0. The predicted octanol–water partition coefficient (Wildman–Crippen LogP) is 0.644. The van der Waals surface area contributed by atoms with Crippen LogP contribution < -0.4 is 4.90 Å². The van der Waals surface area contributed by atoms with Crippen LogP contribution in [0.4, 0.5) is 5.82 Å². The van der Waals surface area contributed by atoms with Gasteiger partial charge in [-0.3, -0.25) is 4.79 Å². The molecular formula is C11H15N3O. The van der Waals surface area contributed by atoms with Crippen molar-refractivity contribution in [2.75, 3.05) is 32.1 Å². The van der Waals surface area contributed by atoms with Crippen molar-refractivity contribution in [1.82, 2.24) is 9.88 Å². The van der Waals surface area contributed by atoms with Gasteiger partial charge in [-0.2, -0.15) is 0 Å². The summed E-state index contributed by atoms with van der Waals surface area (Å²) < 4.78 is 0. The molecule has 1 aromatic rings. The van der Waals surface area contributed by atoms with Gasteiger partial charge in [0.1, 0.15) is 5.82 Å². The van der Waals surface area contributed by atoms with Crippen molar-refractivity contribution in [3.05, 3.63) is 23.9 Å². The zero-order valence-corrected chi connectivity index (χ0v) is 9.05. The summed E-state index contributed by atoms with van der Waals surface area (Å²) in [6.07, 6.45) is 2.59. The Kier molecular flexibility index (Phi) is 2.68. The lowest BCUT2D eigenvalue weighted by molar-refractivity contribution is 0.112. The molecule has 80 valence electrons. The summed E-state index contributed by atoms with van der Waals surface area (Å²) in [5.74, 6) is 0.811. The van der Waals surface area contributed by atoms with E-state index in [2.05, 4.69) is 28.9 Å². The highest BCUT2D eigenvalue weighted by molar-refractivity contribution is 5.83. The highest BCUT2D eigenvalue weighted by Crippen LogP contribution is 2.22. The zero-order valence-electron chi connectivity index (χ0n) is 9.05. The molecule has 4 nitrogen and oxygen atoms in total. The van der Waals surface area contributed by atoms with Crippen molar-refractivity contribution in [1.29, 1.82) is 0 Å².